The van der Waals surface area contributed by atoms with E-state index in [1.54, 1.807) is 4.90 Å². The van der Waals surface area contributed by atoms with Crippen molar-refractivity contribution in [1.29, 1.82) is 0 Å². The lowest BCUT2D eigenvalue weighted by atomic mass is 10.0. The fraction of sp³-hybridized carbons (Fsp3) is 0.292. The predicted octanol–water partition coefficient (Wildman–Crippen LogP) is 2.58. The fourth-order valence-electron chi connectivity index (χ4n) is 4.06. The molecule has 0 aliphatic carbocycles. The van der Waals surface area contributed by atoms with Crippen molar-refractivity contribution in [2.75, 3.05) is 13.1 Å². The molecule has 1 fully saturated rings. The molecule has 6 nitrogen and oxygen atoms in total. The predicted molar refractivity (Wildman–Crippen MR) is 125 cm³/mol. The summed E-state index contributed by atoms with van der Waals surface area (Å²) in [5, 5.41) is 10.8. The summed E-state index contributed by atoms with van der Waals surface area (Å²) in [5.41, 5.74) is 2.79. The Balaban J connectivity index is 1.49. The summed E-state index contributed by atoms with van der Waals surface area (Å²) in [7, 11) is 0. The molecule has 0 atom stereocenters. The Labute approximate surface area is 186 Å². The number of rotatable bonds is 5. The summed E-state index contributed by atoms with van der Waals surface area (Å²) in [6.07, 6.45) is 3.41. The van der Waals surface area contributed by atoms with Gasteiger partial charge in [-0.05, 0) is 36.8 Å². The van der Waals surface area contributed by atoms with Crippen molar-refractivity contribution >= 4 is 18.4 Å². The highest BCUT2D eigenvalue weighted by Gasteiger charge is 2.22. The number of quaternary nitrogens is 1. The van der Waals surface area contributed by atoms with Gasteiger partial charge in [0.25, 0.3) is 5.56 Å². The normalized spacial score (nSPS) is 19.0. The van der Waals surface area contributed by atoms with Gasteiger partial charge in [-0.3, -0.25) is 19.3 Å². The zero-order valence-corrected chi connectivity index (χ0v) is 18.4. The number of hydrogen-bond donors (Lipinski definition) is 3. The Morgan fingerprint density at radius 2 is 1.94 bits per heavy atom. The zero-order valence-electron chi connectivity index (χ0n) is 17.5. The molecule has 1 aliphatic rings. The third kappa shape index (κ3) is 5.00. The van der Waals surface area contributed by atoms with Crippen molar-refractivity contribution in [2.24, 2.45) is 4.99 Å². The first-order valence-corrected chi connectivity index (χ1v) is 11.0. The molecule has 1 aliphatic heterocycles. The third-order valence-electron chi connectivity index (χ3n) is 5.75. The highest BCUT2D eigenvalue weighted by molar-refractivity contribution is 7.71. The number of likely N-dealkylation sites (tertiary alicyclic amines) is 1. The van der Waals surface area contributed by atoms with Crippen LogP contribution in [0, 0.1) is 11.7 Å². The van der Waals surface area contributed by atoms with Gasteiger partial charge < -0.3 is 10.0 Å². The summed E-state index contributed by atoms with van der Waals surface area (Å²) >= 11 is 5.29. The number of H-pyrrole nitrogens is 1. The maximum atomic E-state index is 12.4. The van der Waals surface area contributed by atoms with Gasteiger partial charge in [0, 0.05) is 24.6 Å². The van der Waals surface area contributed by atoms with Crippen molar-refractivity contribution in [1.82, 2.24) is 9.55 Å². The largest absolute Gasteiger partial charge is 0.494 e. The number of aromatic hydroxyl groups is 1. The average Bonchev–Trinajstić information content (AvgIpc) is 2.75. The van der Waals surface area contributed by atoms with E-state index in [9.17, 15) is 9.90 Å². The first-order valence-electron chi connectivity index (χ1n) is 10.6. The molecule has 0 amide bonds. The summed E-state index contributed by atoms with van der Waals surface area (Å²) in [4.78, 5) is 21.3. The minimum atomic E-state index is -0.428. The fourth-order valence-corrected chi connectivity index (χ4v) is 4.35. The molecule has 3 aromatic rings. The summed E-state index contributed by atoms with van der Waals surface area (Å²) in [5.74, 6) is -0.185. The molecular formula is C24H27N4O2S+. The van der Waals surface area contributed by atoms with E-state index in [2.05, 4.69) is 34.2 Å². The van der Waals surface area contributed by atoms with Crippen molar-refractivity contribution in [3.05, 3.63) is 86.4 Å². The number of aromatic amines is 1. The van der Waals surface area contributed by atoms with Crippen molar-refractivity contribution in [2.45, 2.75) is 32.4 Å². The van der Waals surface area contributed by atoms with E-state index >= 15 is 0 Å². The smallest absolute Gasteiger partial charge is 0.264 e. The lowest BCUT2D eigenvalue weighted by molar-refractivity contribution is -0.918. The molecule has 0 radical (unpaired) electrons. The molecule has 0 unspecified atom stereocenters. The van der Waals surface area contributed by atoms with Gasteiger partial charge in [0.1, 0.15) is 12.1 Å². The van der Waals surface area contributed by atoms with Gasteiger partial charge in [-0.25, -0.2) is 0 Å². The van der Waals surface area contributed by atoms with Gasteiger partial charge in [0.15, 0.2) is 4.77 Å². The zero-order chi connectivity index (χ0) is 21.8. The van der Waals surface area contributed by atoms with E-state index in [0.29, 0.717) is 5.69 Å². The molecule has 4 rings (SSSR count). The minimum absolute atomic E-state index is 0.133. The molecule has 31 heavy (non-hydrogen) atoms. The summed E-state index contributed by atoms with van der Waals surface area (Å²) in [6.45, 7) is 5.06. The van der Waals surface area contributed by atoms with Gasteiger partial charge in [-0.2, -0.15) is 0 Å². The summed E-state index contributed by atoms with van der Waals surface area (Å²) in [6, 6.07) is 18.3. The van der Waals surface area contributed by atoms with Crippen molar-refractivity contribution < 1.29 is 10.0 Å². The number of benzene rings is 2. The Hall–Kier alpha value is -3.03. The molecule has 0 saturated carbocycles. The van der Waals surface area contributed by atoms with Gasteiger partial charge in [-0.1, -0.05) is 42.5 Å². The second-order valence-electron chi connectivity index (χ2n) is 8.09. The average molecular weight is 436 g/mol. The molecule has 7 heteroatoms. The number of hydrogen-bond acceptors (Lipinski definition) is 4. The van der Waals surface area contributed by atoms with Crippen LogP contribution >= 0.6 is 12.2 Å². The minimum Gasteiger partial charge on any atom is -0.494 e. The van der Waals surface area contributed by atoms with Crippen LogP contribution < -0.4 is 10.5 Å². The van der Waals surface area contributed by atoms with Gasteiger partial charge in [0.05, 0.1) is 24.8 Å². The second kappa shape index (κ2) is 9.41. The Kier molecular flexibility index (Phi) is 6.44. The van der Waals surface area contributed by atoms with Gasteiger partial charge in [-0.15, -0.1) is 0 Å². The van der Waals surface area contributed by atoms with Crippen molar-refractivity contribution in [3.63, 3.8) is 0 Å². The van der Waals surface area contributed by atoms with Crippen LogP contribution in [-0.2, 0) is 6.54 Å². The quantitative estimate of drug-likeness (QED) is 0.426. The van der Waals surface area contributed by atoms with E-state index in [4.69, 9.17) is 12.2 Å². The first kappa shape index (κ1) is 21.2. The molecule has 1 saturated heterocycles. The van der Waals surface area contributed by atoms with E-state index in [1.807, 2.05) is 37.3 Å². The maximum Gasteiger partial charge on any atom is 0.264 e. The Bertz CT molecular complexity index is 1190. The lowest BCUT2D eigenvalue weighted by Gasteiger charge is -2.27. The number of aliphatic imine (C=N–C) groups is 1. The van der Waals surface area contributed by atoms with Crippen LogP contribution in [0.5, 0.6) is 5.88 Å². The van der Waals surface area contributed by atoms with Crippen LogP contribution in [0.25, 0.3) is 5.69 Å². The van der Waals surface area contributed by atoms with Crippen LogP contribution in [0.4, 0.5) is 0 Å². The first-order chi connectivity index (χ1) is 15.0. The Morgan fingerprint density at radius 1 is 1.19 bits per heavy atom. The number of aryl methyl sites for hydroxylation is 1. The van der Waals surface area contributed by atoms with E-state index in [-0.39, 0.29) is 22.3 Å². The Morgan fingerprint density at radius 3 is 2.65 bits per heavy atom. The van der Waals surface area contributed by atoms with Crippen molar-refractivity contribution in [3.8, 4) is 11.6 Å². The molecule has 3 N–H and O–H groups in total. The van der Waals surface area contributed by atoms with Gasteiger partial charge in [0.2, 0.25) is 5.88 Å². The molecule has 2 heterocycles. The number of piperidine rings is 1. The second-order valence-corrected chi connectivity index (χ2v) is 8.48. The maximum absolute atomic E-state index is 12.4. The highest BCUT2D eigenvalue weighted by atomic mass is 32.1. The molecular weight excluding hydrogens is 408 g/mol. The van der Waals surface area contributed by atoms with Crippen LogP contribution in [0.1, 0.15) is 29.5 Å². The molecule has 2 aromatic carbocycles. The summed E-state index contributed by atoms with van der Waals surface area (Å²) < 4.78 is 1.63. The van der Waals surface area contributed by atoms with Crippen LogP contribution in [0.3, 0.4) is 0 Å². The standard InChI is InChI=1S/C24H26N4O2S/c1-17-6-5-9-20(14-17)28-23(30)21(22(29)26-24(28)31)15-25-19-10-12-27(13-11-19)16-18-7-3-2-4-8-18/h2-9,14-15,19,30H,10-13,16H2,1H3,(H,26,29,31)/p+1. The number of nitrogens with one attached hydrogen (secondary N) is 2. The lowest BCUT2D eigenvalue weighted by Crippen LogP contribution is -3.12. The molecule has 0 bridgehead atoms. The number of aromatic nitrogens is 2. The molecule has 160 valence electrons. The highest BCUT2D eigenvalue weighted by Crippen LogP contribution is 2.19. The van der Waals surface area contributed by atoms with E-state index in [0.717, 1.165) is 38.0 Å². The van der Waals surface area contributed by atoms with Crippen LogP contribution in [0.15, 0.2) is 64.4 Å². The van der Waals surface area contributed by atoms with E-state index in [1.165, 1.54) is 16.3 Å². The molecule has 1 aromatic heterocycles. The molecule has 0 spiro atoms. The van der Waals surface area contributed by atoms with Crippen LogP contribution in [0.2, 0.25) is 0 Å². The SMILES string of the molecule is Cc1cccc(-n2c(O)c(C=NC3CC[NH+](Cc4ccccc4)CC3)c(=O)[nH]c2=S)c1. The monoisotopic (exact) mass is 435 g/mol. The van der Waals surface area contributed by atoms with Crippen LogP contribution in [-0.4, -0.2) is 40.0 Å². The van der Waals surface area contributed by atoms with Gasteiger partial charge >= 0.3 is 0 Å². The number of nitrogens with zero attached hydrogens (tertiary/aromatic N) is 2. The van der Waals surface area contributed by atoms with E-state index < -0.39 is 5.56 Å². The third-order valence-corrected chi connectivity index (χ3v) is 6.04. The topological polar surface area (TPSA) is 74.8 Å².